The van der Waals surface area contributed by atoms with Crippen LogP contribution < -0.4 is 4.74 Å². The Labute approximate surface area is 160 Å². The number of methoxy groups -OCH3 is 1. The molecule has 0 saturated carbocycles. The molecule has 4 heteroatoms. The van der Waals surface area contributed by atoms with Crippen molar-refractivity contribution in [2.75, 3.05) is 33.3 Å². The normalized spacial score (nSPS) is 15.5. The fourth-order valence-corrected chi connectivity index (χ4v) is 3.52. The molecule has 3 aromatic rings. The first-order valence-corrected chi connectivity index (χ1v) is 9.44. The van der Waals surface area contributed by atoms with E-state index in [0.29, 0.717) is 0 Å². The van der Waals surface area contributed by atoms with Gasteiger partial charge < -0.3 is 4.74 Å². The standard InChI is InChI=1S/C23H25N3O/c1-27-22-11-9-19(10-12-22)17-24-26-15-13-25(14-16-26)18-21-7-4-6-20-5-2-3-8-23(20)21/h2-12,17H,13-16,18H2,1H3/b24-17-. The van der Waals surface area contributed by atoms with Crippen LogP contribution in [0.5, 0.6) is 5.75 Å². The van der Waals surface area contributed by atoms with Gasteiger partial charge in [0, 0.05) is 32.7 Å². The van der Waals surface area contributed by atoms with Crippen LogP contribution in [0.2, 0.25) is 0 Å². The van der Waals surface area contributed by atoms with Crippen LogP contribution in [0, 0.1) is 0 Å². The fourth-order valence-electron chi connectivity index (χ4n) is 3.52. The lowest BCUT2D eigenvalue weighted by molar-refractivity contribution is 0.131. The highest BCUT2D eigenvalue weighted by atomic mass is 16.5. The van der Waals surface area contributed by atoms with Gasteiger partial charge >= 0.3 is 0 Å². The third-order valence-corrected chi connectivity index (χ3v) is 5.11. The number of hydrogen-bond acceptors (Lipinski definition) is 4. The number of hydrogen-bond donors (Lipinski definition) is 0. The van der Waals surface area contributed by atoms with Crippen LogP contribution in [0.1, 0.15) is 11.1 Å². The molecule has 0 amide bonds. The lowest BCUT2D eigenvalue weighted by atomic mass is 10.0. The van der Waals surface area contributed by atoms with E-state index in [0.717, 1.165) is 44.0 Å². The molecule has 0 radical (unpaired) electrons. The highest BCUT2D eigenvalue weighted by molar-refractivity contribution is 5.85. The van der Waals surface area contributed by atoms with Gasteiger partial charge in [-0.05, 0) is 46.2 Å². The Bertz CT molecular complexity index is 907. The predicted octanol–water partition coefficient (Wildman–Crippen LogP) is 4.00. The van der Waals surface area contributed by atoms with Gasteiger partial charge in [0.05, 0.1) is 13.3 Å². The van der Waals surface area contributed by atoms with Gasteiger partial charge in [-0.25, -0.2) is 0 Å². The summed E-state index contributed by atoms with van der Waals surface area (Å²) in [5.74, 6) is 0.870. The molecule has 0 spiro atoms. The van der Waals surface area contributed by atoms with E-state index in [1.807, 2.05) is 30.5 Å². The van der Waals surface area contributed by atoms with E-state index in [9.17, 15) is 0 Å². The Morgan fingerprint density at radius 3 is 2.41 bits per heavy atom. The molecule has 4 rings (SSSR count). The predicted molar refractivity (Wildman–Crippen MR) is 111 cm³/mol. The molecule has 1 heterocycles. The second-order valence-electron chi connectivity index (χ2n) is 6.89. The molecular formula is C23H25N3O. The van der Waals surface area contributed by atoms with Crippen molar-refractivity contribution in [1.82, 2.24) is 9.91 Å². The van der Waals surface area contributed by atoms with Crippen LogP contribution in [0.25, 0.3) is 10.8 Å². The van der Waals surface area contributed by atoms with Crippen molar-refractivity contribution < 1.29 is 4.74 Å². The quantitative estimate of drug-likeness (QED) is 0.645. The minimum Gasteiger partial charge on any atom is -0.497 e. The van der Waals surface area contributed by atoms with Crippen LogP contribution >= 0.6 is 0 Å². The monoisotopic (exact) mass is 359 g/mol. The smallest absolute Gasteiger partial charge is 0.118 e. The zero-order chi connectivity index (χ0) is 18.5. The number of benzene rings is 3. The first-order chi connectivity index (χ1) is 13.3. The van der Waals surface area contributed by atoms with Gasteiger partial charge in [-0.3, -0.25) is 9.91 Å². The van der Waals surface area contributed by atoms with Crippen molar-refractivity contribution in [1.29, 1.82) is 0 Å². The van der Waals surface area contributed by atoms with Crippen LogP contribution in [-0.2, 0) is 6.54 Å². The third kappa shape index (κ3) is 4.29. The largest absolute Gasteiger partial charge is 0.497 e. The molecule has 1 fully saturated rings. The van der Waals surface area contributed by atoms with Crippen molar-refractivity contribution in [3.63, 3.8) is 0 Å². The maximum absolute atomic E-state index is 5.19. The Balaban J connectivity index is 1.34. The van der Waals surface area contributed by atoms with Crippen molar-refractivity contribution in [2.45, 2.75) is 6.54 Å². The van der Waals surface area contributed by atoms with E-state index in [-0.39, 0.29) is 0 Å². The van der Waals surface area contributed by atoms with Crippen LogP contribution in [-0.4, -0.2) is 49.4 Å². The summed E-state index contributed by atoms with van der Waals surface area (Å²) in [5, 5.41) is 9.48. The topological polar surface area (TPSA) is 28.1 Å². The average molecular weight is 359 g/mol. The van der Waals surface area contributed by atoms with E-state index < -0.39 is 0 Å². The van der Waals surface area contributed by atoms with Gasteiger partial charge in [-0.1, -0.05) is 42.5 Å². The minimum absolute atomic E-state index is 0.870. The maximum Gasteiger partial charge on any atom is 0.118 e. The average Bonchev–Trinajstić information content (AvgIpc) is 2.74. The molecule has 0 atom stereocenters. The van der Waals surface area contributed by atoms with Crippen molar-refractivity contribution in [2.24, 2.45) is 5.10 Å². The van der Waals surface area contributed by atoms with Gasteiger partial charge in [0.1, 0.15) is 5.75 Å². The van der Waals surface area contributed by atoms with Crippen LogP contribution in [0.3, 0.4) is 0 Å². The maximum atomic E-state index is 5.19. The molecule has 0 N–H and O–H groups in total. The molecule has 4 nitrogen and oxygen atoms in total. The van der Waals surface area contributed by atoms with Gasteiger partial charge in [0.15, 0.2) is 0 Å². The van der Waals surface area contributed by atoms with E-state index in [1.165, 1.54) is 16.3 Å². The first kappa shape index (κ1) is 17.6. The van der Waals surface area contributed by atoms with E-state index >= 15 is 0 Å². The minimum atomic E-state index is 0.870. The molecule has 0 bridgehead atoms. The molecule has 1 saturated heterocycles. The van der Waals surface area contributed by atoms with Gasteiger partial charge in [-0.15, -0.1) is 0 Å². The number of piperazine rings is 1. The molecule has 1 aliphatic rings. The van der Waals surface area contributed by atoms with Crippen LogP contribution in [0.4, 0.5) is 0 Å². The van der Waals surface area contributed by atoms with Crippen molar-refractivity contribution in [3.8, 4) is 5.75 Å². The number of nitrogens with zero attached hydrogens (tertiary/aromatic N) is 3. The molecule has 0 aliphatic carbocycles. The second kappa shape index (κ2) is 8.23. The zero-order valence-corrected chi connectivity index (χ0v) is 15.7. The Kier molecular flexibility index (Phi) is 5.35. The van der Waals surface area contributed by atoms with Gasteiger partial charge in [0.2, 0.25) is 0 Å². The summed E-state index contributed by atoms with van der Waals surface area (Å²) in [6.07, 6.45) is 1.93. The second-order valence-corrected chi connectivity index (χ2v) is 6.89. The molecular weight excluding hydrogens is 334 g/mol. The number of ether oxygens (including phenoxy) is 1. The fraction of sp³-hybridized carbons (Fsp3) is 0.261. The zero-order valence-electron chi connectivity index (χ0n) is 15.7. The number of fused-ring (bicyclic) bond motifs is 1. The lowest BCUT2D eigenvalue weighted by Gasteiger charge is -2.33. The van der Waals surface area contributed by atoms with E-state index in [4.69, 9.17) is 4.74 Å². The molecule has 3 aromatic carbocycles. The van der Waals surface area contributed by atoms with Gasteiger partial charge in [-0.2, -0.15) is 5.10 Å². The highest BCUT2D eigenvalue weighted by Gasteiger charge is 2.16. The molecule has 0 unspecified atom stereocenters. The van der Waals surface area contributed by atoms with Crippen LogP contribution in [0.15, 0.2) is 71.8 Å². The molecule has 1 aliphatic heterocycles. The van der Waals surface area contributed by atoms with Gasteiger partial charge in [0.25, 0.3) is 0 Å². The third-order valence-electron chi connectivity index (χ3n) is 5.11. The SMILES string of the molecule is COc1ccc(/C=N\N2CCN(Cc3cccc4ccccc34)CC2)cc1. The Morgan fingerprint density at radius 1 is 0.889 bits per heavy atom. The number of rotatable bonds is 5. The lowest BCUT2D eigenvalue weighted by Crippen LogP contribution is -2.43. The molecule has 138 valence electrons. The Hall–Kier alpha value is -2.85. The van der Waals surface area contributed by atoms with Crippen molar-refractivity contribution in [3.05, 3.63) is 77.9 Å². The van der Waals surface area contributed by atoms with E-state index in [1.54, 1.807) is 7.11 Å². The summed E-state index contributed by atoms with van der Waals surface area (Å²) < 4.78 is 5.19. The first-order valence-electron chi connectivity index (χ1n) is 9.44. The summed E-state index contributed by atoms with van der Waals surface area (Å²) in [5.41, 5.74) is 2.50. The van der Waals surface area contributed by atoms with E-state index in [2.05, 4.69) is 57.5 Å². The summed E-state index contributed by atoms with van der Waals surface area (Å²) in [7, 11) is 1.68. The molecule has 0 aromatic heterocycles. The Morgan fingerprint density at radius 2 is 1.63 bits per heavy atom. The summed E-state index contributed by atoms with van der Waals surface area (Å²) in [4.78, 5) is 2.52. The summed E-state index contributed by atoms with van der Waals surface area (Å²) >= 11 is 0. The number of hydrazone groups is 1. The summed E-state index contributed by atoms with van der Waals surface area (Å²) in [6.45, 7) is 4.97. The van der Waals surface area contributed by atoms with Crippen molar-refractivity contribution >= 4 is 17.0 Å². The summed E-state index contributed by atoms with van der Waals surface area (Å²) in [6, 6.07) is 23.2. The molecule has 27 heavy (non-hydrogen) atoms. The highest BCUT2D eigenvalue weighted by Crippen LogP contribution is 2.20.